The van der Waals surface area contributed by atoms with Gasteiger partial charge in [0.05, 0.1) is 6.04 Å². The van der Waals surface area contributed by atoms with Gasteiger partial charge in [0.2, 0.25) is 5.82 Å². The first kappa shape index (κ1) is 32.9. The van der Waals surface area contributed by atoms with Crippen LogP contribution in [0.25, 0.3) is 22.5 Å². The maximum Gasteiger partial charge on any atom is 0.205 e. The number of ketones is 1. The fourth-order valence-corrected chi connectivity index (χ4v) is 7.28. The molecule has 7 rings (SSSR count). The predicted octanol–water partition coefficient (Wildman–Crippen LogP) is 8.24. The second kappa shape index (κ2) is 14.4. The largest absolute Gasteiger partial charge is 0.312 e. The van der Waals surface area contributed by atoms with E-state index < -0.39 is 5.54 Å². The highest BCUT2D eigenvalue weighted by Crippen LogP contribution is 2.40. The number of tetrazole rings is 1. The van der Waals surface area contributed by atoms with Gasteiger partial charge in [0.15, 0.2) is 11.3 Å². The molecule has 250 valence electrons. The van der Waals surface area contributed by atoms with Gasteiger partial charge in [0, 0.05) is 23.4 Å². The molecule has 2 heterocycles. The molecule has 0 aliphatic carbocycles. The Hall–Kier alpha value is -5.66. The van der Waals surface area contributed by atoms with Crippen molar-refractivity contribution in [1.29, 1.82) is 0 Å². The molecular weight excluding hydrogens is 617 g/mol. The van der Waals surface area contributed by atoms with Gasteiger partial charge in [-0.3, -0.25) is 4.79 Å². The van der Waals surface area contributed by atoms with E-state index in [0.29, 0.717) is 5.82 Å². The fourth-order valence-electron chi connectivity index (χ4n) is 7.28. The number of nitrogens with one attached hydrogen (secondary N) is 1. The molecule has 0 bridgehead atoms. The number of hydrogen-bond donors (Lipinski definition) is 1. The summed E-state index contributed by atoms with van der Waals surface area (Å²) in [7, 11) is 0. The number of Topliss-reactive ketones (excluding diaryl/α,β-unsaturated/α-hetero) is 1. The molecule has 1 aliphatic rings. The van der Waals surface area contributed by atoms with E-state index in [1.807, 2.05) is 37.3 Å². The van der Waals surface area contributed by atoms with E-state index in [9.17, 15) is 4.79 Å². The van der Waals surface area contributed by atoms with Crippen molar-refractivity contribution in [3.63, 3.8) is 0 Å². The molecule has 50 heavy (non-hydrogen) atoms. The third-order valence-corrected chi connectivity index (χ3v) is 9.73. The van der Waals surface area contributed by atoms with Gasteiger partial charge in [-0.05, 0) is 65.3 Å². The zero-order valence-corrected chi connectivity index (χ0v) is 28.8. The Morgan fingerprint density at radius 3 is 1.82 bits per heavy atom. The molecule has 5 aromatic carbocycles. The van der Waals surface area contributed by atoms with Crippen molar-refractivity contribution in [2.24, 2.45) is 0 Å². The molecule has 1 aliphatic heterocycles. The Balaban J connectivity index is 1.24. The molecule has 0 saturated carbocycles. The lowest BCUT2D eigenvalue weighted by atomic mass is 9.77. The maximum absolute atomic E-state index is 12.7. The summed E-state index contributed by atoms with van der Waals surface area (Å²) in [4.78, 5) is 14.4. The van der Waals surface area contributed by atoms with Crippen LogP contribution < -0.4 is 5.43 Å². The highest BCUT2D eigenvalue weighted by Gasteiger charge is 2.41. The fraction of sp³-hybridized carbons (Fsp3) is 0.209. The molecule has 0 spiro atoms. The molecule has 1 unspecified atom stereocenters. The topological polar surface area (TPSA) is 75.9 Å². The zero-order chi connectivity index (χ0) is 34.5. The molecule has 1 aromatic heterocycles. The molecule has 0 fully saturated rings. The van der Waals surface area contributed by atoms with Crippen molar-refractivity contribution in [3.8, 4) is 22.5 Å². The van der Waals surface area contributed by atoms with Crippen LogP contribution in [0.5, 0.6) is 0 Å². The van der Waals surface area contributed by atoms with Crippen LogP contribution in [0.3, 0.4) is 0 Å². The standard InChI is InChI=1S/C43H42N6O/c1-4-5-29-48-31(2)41(32(3)50)40(45-48)30-33-25-27-34(28-26-33)38-23-15-16-24-39(38)42-44-47-49(46-42)43(35-17-9-6-10-18-35,36-19-11-7-12-20-36)37-21-13-8-14-22-37/h6-28,40,45H,4-5,29-30H2,1-3H3. The number of nitrogens with zero attached hydrogens (tertiary/aromatic N) is 5. The van der Waals surface area contributed by atoms with Crippen molar-refractivity contribution in [1.82, 2.24) is 30.6 Å². The molecular formula is C43H42N6O. The molecule has 6 aromatic rings. The molecule has 0 radical (unpaired) electrons. The van der Waals surface area contributed by atoms with Gasteiger partial charge in [-0.2, -0.15) is 0 Å². The SMILES string of the molecule is CCCCN1NC(Cc2ccc(-c3ccccc3-c3nnn(C(c4ccccc4)(c4ccccc4)c4ccccc4)n3)cc2)C(C(C)=O)=C1C. The van der Waals surface area contributed by atoms with E-state index in [1.54, 1.807) is 11.7 Å². The second-order valence-electron chi connectivity index (χ2n) is 12.9. The van der Waals surface area contributed by atoms with Gasteiger partial charge in [-0.25, -0.2) is 5.43 Å². The summed E-state index contributed by atoms with van der Waals surface area (Å²) in [6.07, 6.45) is 2.91. The van der Waals surface area contributed by atoms with E-state index >= 15 is 0 Å². The number of unbranched alkanes of at least 4 members (excludes halogenated alkanes) is 1. The van der Waals surface area contributed by atoms with Crippen molar-refractivity contribution < 1.29 is 4.79 Å². The van der Waals surface area contributed by atoms with Gasteiger partial charge in [-0.1, -0.05) is 153 Å². The smallest absolute Gasteiger partial charge is 0.205 e. The Morgan fingerprint density at radius 1 is 0.740 bits per heavy atom. The van der Waals surface area contributed by atoms with Crippen LogP contribution in [0.1, 0.15) is 55.9 Å². The predicted molar refractivity (Wildman–Crippen MR) is 199 cm³/mol. The van der Waals surface area contributed by atoms with E-state index in [0.717, 1.165) is 76.0 Å². The zero-order valence-electron chi connectivity index (χ0n) is 28.8. The summed E-state index contributed by atoms with van der Waals surface area (Å²) >= 11 is 0. The number of hydrazine groups is 1. The van der Waals surface area contributed by atoms with Crippen LogP contribution in [0.15, 0.2) is 151 Å². The van der Waals surface area contributed by atoms with Crippen LogP contribution in [0.2, 0.25) is 0 Å². The quantitative estimate of drug-likeness (QED) is 0.134. The van der Waals surface area contributed by atoms with Crippen LogP contribution in [-0.2, 0) is 16.8 Å². The second-order valence-corrected chi connectivity index (χ2v) is 12.9. The Morgan fingerprint density at radius 2 is 1.28 bits per heavy atom. The monoisotopic (exact) mass is 658 g/mol. The summed E-state index contributed by atoms with van der Waals surface area (Å²) in [5, 5.41) is 16.8. The summed E-state index contributed by atoms with van der Waals surface area (Å²) in [5.74, 6) is 0.673. The van der Waals surface area contributed by atoms with Crippen LogP contribution in [0, 0.1) is 0 Å². The van der Waals surface area contributed by atoms with E-state index in [-0.39, 0.29) is 11.8 Å². The molecule has 7 heteroatoms. The van der Waals surface area contributed by atoms with Gasteiger partial charge >= 0.3 is 0 Å². The number of benzene rings is 5. The first-order valence-electron chi connectivity index (χ1n) is 17.4. The van der Waals surface area contributed by atoms with Gasteiger partial charge in [0.25, 0.3) is 0 Å². The van der Waals surface area contributed by atoms with Crippen molar-refractivity contribution in [2.45, 2.75) is 51.6 Å². The lowest BCUT2D eigenvalue weighted by molar-refractivity contribution is -0.113. The van der Waals surface area contributed by atoms with E-state index in [2.05, 4.69) is 127 Å². The maximum atomic E-state index is 12.7. The summed E-state index contributed by atoms with van der Waals surface area (Å²) < 4.78 is 0. The summed E-state index contributed by atoms with van der Waals surface area (Å²) in [6.45, 7) is 6.80. The average molecular weight is 659 g/mol. The molecule has 0 amide bonds. The molecule has 7 nitrogen and oxygen atoms in total. The number of carbonyl (C=O) groups excluding carboxylic acids is 1. The molecule has 1 atom stereocenters. The van der Waals surface area contributed by atoms with Gasteiger partial charge in [0.1, 0.15) is 0 Å². The van der Waals surface area contributed by atoms with Crippen molar-refractivity contribution >= 4 is 5.78 Å². The minimum absolute atomic E-state index is 0.0409. The summed E-state index contributed by atoms with van der Waals surface area (Å²) in [6, 6.07) is 47.9. The van der Waals surface area contributed by atoms with Gasteiger partial charge in [-0.15, -0.1) is 15.0 Å². The number of carbonyl (C=O) groups is 1. The first-order valence-corrected chi connectivity index (χ1v) is 17.4. The third kappa shape index (κ3) is 6.16. The highest BCUT2D eigenvalue weighted by molar-refractivity contribution is 5.95. The minimum Gasteiger partial charge on any atom is -0.312 e. The highest BCUT2D eigenvalue weighted by atomic mass is 16.1. The summed E-state index contributed by atoms with van der Waals surface area (Å²) in [5.41, 5.74) is 11.9. The minimum atomic E-state index is -0.850. The lowest BCUT2D eigenvalue weighted by Gasteiger charge is -2.34. The van der Waals surface area contributed by atoms with E-state index in [4.69, 9.17) is 15.4 Å². The van der Waals surface area contributed by atoms with Gasteiger partial charge < -0.3 is 5.01 Å². The number of allylic oxidation sites excluding steroid dienone is 1. The number of rotatable bonds is 12. The number of aromatic nitrogens is 4. The lowest BCUT2D eigenvalue weighted by Crippen LogP contribution is -2.39. The Labute approximate surface area is 294 Å². The Kier molecular flexibility index (Phi) is 9.49. The average Bonchev–Trinajstić information content (AvgIpc) is 3.77. The van der Waals surface area contributed by atoms with E-state index in [1.165, 1.54) is 0 Å². The first-order chi connectivity index (χ1) is 24.5. The van der Waals surface area contributed by atoms with Crippen LogP contribution >= 0.6 is 0 Å². The Bertz CT molecular complexity index is 1990. The van der Waals surface area contributed by atoms with Crippen molar-refractivity contribution in [3.05, 3.63) is 173 Å². The van der Waals surface area contributed by atoms with Crippen molar-refractivity contribution in [2.75, 3.05) is 6.54 Å². The number of hydrogen-bond acceptors (Lipinski definition) is 6. The van der Waals surface area contributed by atoms with Crippen LogP contribution in [0.4, 0.5) is 0 Å². The molecule has 1 N–H and O–H groups in total. The third-order valence-electron chi connectivity index (χ3n) is 9.73. The van der Waals surface area contributed by atoms with Crippen LogP contribution in [-0.4, -0.2) is 43.6 Å². The molecule has 0 saturated heterocycles. The normalized spacial score (nSPS) is 14.7.